The summed E-state index contributed by atoms with van der Waals surface area (Å²) in [4.78, 5) is 0.0865. The third kappa shape index (κ3) is 2.58. The minimum atomic E-state index is 0.0865. The Hall–Kier alpha value is -1.02. The fraction of sp³-hybridized carbons (Fsp3) is 0.0588. The van der Waals surface area contributed by atoms with Gasteiger partial charge in [0, 0.05) is 0 Å². The average Bonchev–Trinajstić information content (AvgIpc) is 2.49. The number of rotatable bonds is 2. The van der Waals surface area contributed by atoms with E-state index in [1.807, 2.05) is 18.2 Å². The van der Waals surface area contributed by atoms with Crippen molar-refractivity contribution in [3.63, 3.8) is 0 Å². The average molecular weight is 366 g/mol. The van der Waals surface area contributed by atoms with Crippen molar-refractivity contribution in [2.45, 2.75) is 4.83 Å². The van der Waals surface area contributed by atoms with Crippen LogP contribution in [0.4, 0.5) is 0 Å². The van der Waals surface area contributed by atoms with E-state index in [2.05, 4.69) is 58.4 Å². The summed E-state index contributed by atoms with van der Waals surface area (Å²) in [5.41, 5.74) is 2.32. The number of hydrogen-bond acceptors (Lipinski definition) is 0. The van der Waals surface area contributed by atoms with Gasteiger partial charge in [0.1, 0.15) is 0 Å². The number of benzene rings is 3. The van der Waals surface area contributed by atoms with Gasteiger partial charge in [-0.15, -0.1) is 0 Å². The Morgan fingerprint density at radius 3 is 2.35 bits per heavy atom. The Morgan fingerprint density at radius 1 is 0.800 bits per heavy atom. The van der Waals surface area contributed by atoms with Crippen molar-refractivity contribution in [1.82, 2.24) is 0 Å². The maximum absolute atomic E-state index is 6.11. The van der Waals surface area contributed by atoms with Gasteiger partial charge in [-0.2, -0.15) is 0 Å². The highest BCUT2D eigenvalue weighted by molar-refractivity contribution is 9.09. The molecular weight excluding hydrogens is 355 g/mol. The van der Waals surface area contributed by atoms with Crippen LogP contribution in [-0.4, -0.2) is 0 Å². The van der Waals surface area contributed by atoms with Gasteiger partial charge in [-0.1, -0.05) is 87.7 Å². The smallest absolute Gasteiger partial charge is 0.0651 e. The lowest BCUT2D eigenvalue weighted by molar-refractivity contribution is 1.20. The van der Waals surface area contributed by atoms with E-state index in [0.717, 1.165) is 5.56 Å². The first-order valence-electron chi connectivity index (χ1n) is 6.23. The molecule has 0 fully saturated rings. The van der Waals surface area contributed by atoms with Crippen LogP contribution in [-0.2, 0) is 0 Å². The van der Waals surface area contributed by atoms with Crippen LogP contribution >= 0.6 is 39.1 Å². The molecule has 0 aliphatic rings. The largest absolute Gasteiger partial charge is 0.0827 e. The quantitative estimate of drug-likeness (QED) is 0.447. The van der Waals surface area contributed by atoms with Gasteiger partial charge in [0.2, 0.25) is 0 Å². The van der Waals surface area contributed by atoms with Gasteiger partial charge in [-0.3, -0.25) is 0 Å². The Balaban J connectivity index is 2.12. The van der Waals surface area contributed by atoms with E-state index < -0.39 is 0 Å². The van der Waals surface area contributed by atoms with E-state index >= 15 is 0 Å². The van der Waals surface area contributed by atoms with Crippen molar-refractivity contribution < 1.29 is 0 Å². The standard InChI is InChI=1S/C17H11BrCl2/c18-17(12-8-9-15(19)16(20)10-12)14-7-3-5-11-4-1-2-6-13(11)14/h1-10,17H. The molecule has 0 saturated heterocycles. The SMILES string of the molecule is Clc1ccc(C(Br)c2cccc3ccccc23)cc1Cl. The van der Waals surface area contributed by atoms with E-state index in [1.54, 1.807) is 0 Å². The van der Waals surface area contributed by atoms with Crippen molar-refractivity contribution in [3.8, 4) is 0 Å². The summed E-state index contributed by atoms with van der Waals surface area (Å²) in [7, 11) is 0. The van der Waals surface area contributed by atoms with Crippen LogP contribution in [0, 0.1) is 0 Å². The van der Waals surface area contributed by atoms with Crippen molar-refractivity contribution in [3.05, 3.63) is 81.8 Å². The first-order valence-corrected chi connectivity index (χ1v) is 7.90. The second kappa shape index (κ2) is 5.77. The second-order valence-electron chi connectivity index (χ2n) is 4.60. The van der Waals surface area contributed by atoms with E-state index in [4.69, 9.17) is 23.2 Å². The predicted molar refractivity (Wildman–Crippen MR) is 91.2 cm³/mol. The van der Waals surface area contributed by atoms with E-state index in [9.17, 15) is 0 Å². The molecule has 0 aliphatic heterocycles. The molecule has 100 valence electrons. The molecular formula is C17H11BrCl2. The topological polar surface area (TPSA) is 0 Å². The lowest BCUT2D eigenvalue weighted by atomic mass is 9.98. The minimum absolute atomic E-state index is 0.0865. The van der Waals surface area contributed by atoms with Crippen molar-refractivity contribution in [2.24, 2.45) is 0 Å². The van der Waals surface area contributed by atoms with Crippen LogP contribution in [0.3, 0.4) is 0 Å². The van der Waals surface area contributed by atoms with Crippen LogP contribution in [0.25, 0.3) is 10.8 Å². The van der Waals surface area contributed by atoms with Crippen LogP contribution in [0.5, 0.6) is 0 Å². The molecule has 3 rings (SSSR count). The summed E-state index contributed by atoms with van der Waals surface area (Å²) < 4.78 is 0. The molecule has 3 aromatic carbocycles. The summed E-state index contributed by atoms with van der Waals surface area (Å²) >= 11 is 15.9. The summed E-state index contributed by atoms with van der Waals surface area (Å²) in [5, 5.41) is 3.62. The molecule has 0 radical (unpaired) electrons. The molecule has 0 bridgehead atoms. The molecule has 0 aliphatic carbocycles. The van der Waals surface area contributed by atoms with E-state index in [1.165, 1.54) is 16.3 Å². The molecule has 0 saturated carbocycles. The lowest BCUT2D eigenvalue weighted by Crippen LogP contribution is -1.94. The van der Waals surface area contributed by atoms with Gasteiger partial charge >= 0.3 is 0 Å². The summed E-state index contributed by atoms with van der Waals surface area (Å²) in [6.07, 6.45) is 0. The third-order valence-corrected chi connectivity index (χ3v) is 5.09. The van der Waals surface area contributed by atoms with Crippen LogP contribution < -0.4 is 0 Å². The molecule has 0 spiro atoms. The third-order valence-electron chi connectivity index (χ3n) is 3.33. The normalized spacial score (nSPS) is 12.6. The van der Waals surface area contributed by atoms with Crippen molar-refractivity contribution in [2.75, 3.05) is 0 Å². The molecule has 0 nitrogen and oxygen atoms in total. The Morgan fingerprint density at radius 2 is 1.55 bits per heavy atom. The van der Waals surface area contributed by atoms with Crippen molar-refractivity contribution >= 4 is 49.9 Å². The van der Waals surface area contributed by atoms with Crippen LogP contribution in [0.15, 0.2) is 60.7 Å². The molecule has 0 N–H and O–H groups in total. The fourth-order valence-corrected chi connectivity index (χ4v) is 3.31. The maximum Gasteiger partial charge on any atom is 0.0651 e. The minimum Gasteiger partial charge on any atom is -0.0827 e. The monoisotopic (exact) mass is 364 g/mol. The first-order chi connectivity index (χ1) is 9.66. The first kappa shape index (κ1) is 13.9. The molecule has 0 heterocycles. The highest BCUT2D eigenvalue weighted by atomic mass is 79.9. The Labute approximate surface area is 136 Å². The van der Waals surface area contributed by atoms with Gasteiger partial charge in [-0.05, 0) is 34.0 Å². The number of halogens is 3. The molecule has 20 heavy (non-hydrogen) atoms. The second-order valence-corrected chi connectivity index (χ2v) is 6.33. The number of alkyl halides is 1. The Bertz CT molecular complexity index is 763. The van der Waals surface area contributed by atoms with Crippen LogP contribution in [0.1, 0.15) is 16.0 Å². The maximum atomic E-state index is 6.11. The number of fused-ring (bicyclic) bond motifs is 1. The summed E-state index contributed by atoms with van der Waals surface area (Å²) in [5.74, 6) is 0. The molecule has 0 aromatic heterocycles. The highest BCUT2D eigenvalue weighted by Gasteiger charge is 2.14. The van der Waals surface area contributed by atoms with Crippen LogP contribution in [0.2, 0.25) is 10.0 Å². The molecule has 1 atom stereocenters. The van der Waals surface area contributed by atoms with Gasteiger partial charge < -0.3 is 0 Å². The van der Waals surface area contributed by atoms with Gasteiger partial charge in [0.25, 0.3) is 0 Å². The highest BCUT2D eigenvalue weighted by Crippen LogP contribution is 2.37. The molecule has 3 aromatic rings. The van der Waals surface area contributed by atoms with E-state index in [0.29, 0.717) is 10.0 Å². The van der Waals surface area contributed by atoms with Gasteiger partial charge in [0.05, 0.1) is 14.9 Å². The lowest BCUT2D eigenvalue weighted by Gasteiger charge is -2.14. The predicted octanol–water partition coefficient (Wildman–Crippen LogP) is 6.63. The molecule has 3 heteroatoms. The summed E-state index contributed by atoms with van der Waals surface area (Å²) in [6, 6.07) is 20.4. The molecule has 0 amide bonds. The molecule has 1 unspecified atom stereocenters. The number of hydrogen-bond donors (Lipinski definition) is 0. The van der Waals surface area contributed by atoms with Gasteiger partial charge in [0.15, 0.2) is 0 Å². The summed E-state index contributed by atoms with van der Waals surface area (Å²) in [6.45, 7) is 0. The van der Waals surface area contributed by atoms with Gasteiger partial charge in [-0.25, -0.2) is 0 Å². The van der Waals surface area contributed by atoms with Crippen molar-refractivity contribution in [1.29, 1.82) is 0 Å². The van der Waals surface area contributed by atoms with E-state index in [-0.39, 0.29) is 4.83 Å². The zero-order valence-corrected chi connectivity index (χ0v) is 13.6. The Kier molecular flexibility index (Phi) is 4.02. The zero-order valence-electron chi connectivity index (χ0n) is 10.5. The fourth-order valence-electron chi connectivity index (χ4n) is 2.32. The zero-order chi connectivity index (χ0) is 14.1.